The maximum atomic E-state index is 12.8. The Labute approximate surface area is 128 Å². The van der Waals surface area contributed by atoms with Gasteiger partial charge in [-0.2, -0.15) is 0 Å². The third-order valence-electron chi connectivity index (χ3n) is 3.86. The van der Waals surface area contributed by atoms with E-state index in [1.165, 1.54) is 0 Å². The van der Waals surface area contributed by atoms with Crippen LogP contribution in [0.25, 0.3) is 10.9 Å². The molecule has 22 heavy (non-hydrogen) atoms. The van der Waals surface area contributed by atoms with Gasteiger partial charge in [-0.15, -0.1) is 0 Å². The summed E-state index contributed by atoms with van der Waals surface area (Å²) in [5, 5.41) is 0.493. The molecule has 0 unspecified atom stereocenters. The molecule has 0 spiro atoms. The van der Waals surface area contributed by atoms with Crippen molar-refractivity contribution in [1.29, 1.82) is 0 Å². The van der Waals surface area contributed by atoms with Gasteiger partial charge in [0.15, 0.2) is 0 Å². The third-order valence-corrected chi connectivity index (χ3v) is 3.86. The van der Waals surface area contributed by atoms with Crippen molar-refractivity contribution < 1.29 is 4.74 Å². The van der Waals surface area contributed by atoms with Gasteiger partial charge in [0.05, 0.1) is 30.7 Å². The number of aromatic nitrogens is 3. The highest BCUT2D eigenvalue weighted by Crippen LogP contribution is 2.22. The van der Waals surface area contributed by atoms with E-state index in [2.05, 4.69) is 9.97 Å². The van der Waals surface area contributed by atoms with Gasteiger partial charge < -0.3 is 4.74 Å². The van der Waals surface area contributed by atoms with Crippen molar-refractivity contribution in [3.05, 3.63) is 64.5 Å². The zero-order chi connectivity index (χ0) is 15.7. The number of nitrogens with zero attached hydrogens (tertiary/aromatic N) is 3. The van der Waals surface area contributed by atoms with Gasteiger partial charge in [-0.05, 0) is 37.6 Å². The first-order valence-electron chi connectivity index (χ1n) is 7.09. The summed E-state index contributed by atoms with van der Waals surface area (Å²) in [5.41, 5.74) is 2.41. The lowest BCUT2D eigenvalue weighted by Crippen LogP contribution is -2.25. The van der Waals surface area contributed by atoms with Crippen molar-refractivity contribution in [3.63, 3.8) is 0 Å². The number of methoxy groups -OCH3 is 1. The lowest BCUT2D eigenvalue weighted by Gasteiger charge is -2.17. The number of pyridine rings is 1. The van der Waals surface area contributed by atoms with E-state index in [1.807, 2.05) is 32.0 Å². The first-order valence-corrected chi connectivity index (χ1v) is 7.09. The van der Waals surface area contributed by atoms with Crippen molar-refractivity contribution in [2.24, 2.45) is 0 Å². The van der Waals surface area contributed by atoms with Crippen LogP contribution in [0.4, 0.5) is 0 Å². The molecule has 0 bridgehead atoms. The fourth-order valence-electron chi connectivity index (χ4n) is 2.66. The molecule has 5 nitrogen and oxygen atoms in total. The maximum Gasteiger partial charge on any atom is 0.265 e. The molecule has 1 aromatic carbocycles. The summed E-state index contributed by atoms with van der Waals surface area (Å²) < 4.78 is 6.90. The fraction of sp³-hybridized carbons (Fsp3) is 0.235. The highest BCUT2D eigenvalue weighted by Gasteiger charge is 2.16. The van der Waals surface area contributed by atoms with E-state index in [1.54, 1.807) is 36.3 Å². The van der Waals surface area contributed by atoms with Crippen molar-refractivity contribution in [2.45, 2.75) is 19.9 Å². The van der Waals surface area contributed by atoms with Crippen LogP contribution in [0.15, 0.2) is 47.7 Å². The van der Waals surface area contributed by atoms with Crippen molar-refractivity contribution in [1.82, 2.24) is 14.5 Å². The molecule has 5 heteroatoms. The van der Waals surface area contributed by atoms with E-state index in [-0.39, 0.29) is 11.6 Å². The second-order valence-corrected chi connectivity index (χ2v) is 5.19. The molecule has 0 aliphatic heterocycles. The zero-order valence-corrected chi connectivity index (χ0v) is 12.8. The lowest BCUT2D eigenvalue weighted by molar-refractivity contribution is 0.419. The molecular formula is C17H17N3O2. The van der Waals surface area contributed by atoms with Crippen LogP contribution in [-0.4, -0.2) is 21.6 Å². The van der Waals surface area contributed by atoms with Gasteiger partial charge in [-0.25, -0.2) is 4.98 Å². The summed E-state index contributed by atoms with van der Waals surface area (Å²) >= 11 is 0. The Morgan fingerprint density at radius 3 is 2.73 bits per heavy atom. The molecule has 2 aromatic heterocycles. The first kappa shape index (κ1) is 14.3. The molecule has 0 aliphatic carbocycles. The molecule has 0 amide bonds. The largest absolute Gasteiger partial charge is 0.496 e. The summed E-state index contributed by atoms with van der Waals surface area (Å²) in [6, 6.07) is 9.07. The Hall–Kier alpha value is -2.69. The summed E-state index contributed by atoms with van der Waals surface area (Å²) in [7, 11) is 1.55. The summed E-state index contributed by atoms with van der Waals surface area (Å²) in [5.74, 6) is 0.536. The molecule has 112 valence electrons. The monoisotopic (exact) mass is 295 g/mol. The second-order valence-electron chi connectivity index (χ2n) is 5.19. The molecule has 0 N–H and O–H groups in total. The second kappa shape index (κ2) is 5.60. The van der Waals surface area contributed by atoms with Crippen molar-refractivity contribution >= 4 is 10.9 Å². The zero-order valence-electron chi connectivity index (χ0n) is 12.8. The van der Waals surface area contributed by atoms with E-state index >= 15 is 0 Å². The standard InChI is InChI=1S/C17H17N3O2/c1-11-6-5-9-18-16(11)12(2)20-10-19-13-7-4-8-14(22-3)15(13)17(20)21/h4-10,12H,1-3H3/t12-/m1/s1. The van der Waals surface area contributed by atoms with Crippen LogP contribution in [0.2, 0.25) is 0 Å². The normalized spacial score (nSPS) is 12.3. The molecule has 2 heterocycles. The van der Waals surface area contributed by atoms with Gasteiger partial charge >= 0.3 is 0 Å². The highest BCUT2D eigenvalue weighted by molar-refractivity contribution is 5.84. The summed E-state index contributed by atoms with van der Waals surface area (Å²) in [6.07, 6.45) is 3.31. The molecule has 0 fully saturated rings. The predicted molar refractivity (Wildman–Crippen MR) is 85.3 cm³/mol. The Morgan fingerprint density at radius 2 is 2.00 bits per heavy atom. The number of ether oxygens (including phenoxy) is 1. The van der Waals surface area contributed by atoms with Crippen LogP contribution in [0.3, 0.4) is 0 Å². The Kier molecular flexibility index (Phi) is 3.63. The molecule has 0 saturated carbocycles. The summed E-state index contributed by atoms with van der Waals surface area (Å²) in [6.45, 7) is 3.93. The minimum Gasteiger partial charge on any atom is -0.496 e. The van der Waals surface area contributed by atoms with Gasteiger partial charge in [0.1, 0.15) is 11.1 Å². The van der Waals surface area contributed by atoms with Gasteiger partial charge in [-0.1, -0.05) is 12.1 Å². The molecule has 3 aromatic rings. The molecule has 1 atom stereocenters. The predicted octanol–water partition coefficient (Wildman–Crippen LogP) is 2.72. The summed E-state index contributed by atoms with van der Waals surface area (Å²) in [4.78, 5) is 21.6. The molecule has 0 radical (unpaired) electrons. The third kappa shape index (κ3) is 2.24. The number of benzene rings is 1. The maximum absolute atomic E-state index is 12.8. The van der Waals surface area contributed by atoms with Crippen LogP contribution in [0.1, 0.15) is 24.2 Å². The van der Waals surface area contributed by atoms with E-state index < -0.39 is 0 Å². The highest BCUT2D eigenvalue weighted by atomic mass is 16.5. The minimum absolute atomic E-state index is 0.125. The number of hydrogen-bond donors (Lipinski definition) is 0. The average Bonchev–Trinajstić information content (AvgIpc) is 2.54. The van der Waals surface area contributed by atoms with Crippen LogP contribution < -0.4 is 10.3 Å². The van der Waals surface area contributed by atoms with E-state index in [4.69, 9.17) is 4.74 Å². The Bertz CT molecular complexity index is 886. The average molecular weight is 295 g/mol. The van der Waals surface area contributed by atoms with E-state index in [0.29, 0.717) is 16.7 Å². The van der Waals surface area contributed by atoms with Gasteiger partial charge in [0, 0.05) is 6.20 Å². The van der Waals surface area contributed by atoms with E-state index in [9.17, 15) is 4.79 Å². The fourth-order valence-corrected chi connectivity index (χ4v) is 2.66. The smallest absolute Gasteiger partial charge is 0.265 e. The number of rotatable bonds is 3. The minimum atomic E-state index is -0.199. The van der Waals surface area contributed by atoms with Crippen LogP contribution >= 0.6 is 0 Å². The van der Waals surface area contributed by atoms with E-state index in [0.717, 1.165) is 11.3 Å². The van der Waals surface area contributed by atoms with Gasteiger partial charge in [0.2, 0.25) is 0 Å². The van der Waals surface area contributed by atoms with Crippen molar-refractivity contribution in [3.8, 4) is 5.75 Å². The quantitative estimate of drug-likeness (QED) is 0.745. The van der Waals surface area contributed by atoms with Gasteiger partial charge in [0.25, 0.3) is 5.56 Å². The topological polar surface area (TPSA) is 57.0 Å². The molecule has 0 saturated heterocycles. The Morgan fingerprint density at radius 1 is 1.18 bits per heavy atom. The van der Waals surface area contributed by atoms with Crippen LogP contribution in [-0.2, 0) is 0 Å². The number of aryl methyl sites for hydroxylation is 1. The Balaban J connectivity index is 2.22. The van der Waals surface area contributed by atoms with Crippen LogP contribution in [0, 0.1) is 6.92 Å². The number of fused-ring (bicyclic) bond motifs is 1. The van der Waals surface area contributed by atoms with Crippen LogP contribution in [0.5, 0.6) is 5.75 Å². The molecule has 0 aliphatic rings. The van der Waals surface area contributed by atoms with Crippen molar-refractivity contribution in [2.75, 3.05) is 7.11 Å². The lowest BCUT2D eigenvalue weighted by atomic mass is 10.1. The molecular weight excluding hydrogens is 278 g/mol. The van der Waals surface area contributed by atoms with Gasteiger partial charge in [-0.3, -0.25) is 14.3 Å². The molecule has 3 rings (SSSR count). The number of hydrogen-bond acceptors (Lipinski definition) is 4. The SMILES string of the molecule is COc1cccc2ncn([C@H](C)c3ncccc3C)c(=O)c12. The first-order chi connectivity index (χ1) is 10.6.